The smallest absolute Gasteiger partial charge is 0.407 e. The van der Waals surface area contributed by atoms with Crippen LogP contribution < -0.4 is 5.32 Å². The first-order valence-corrected chi connectivity index (χ1v) is 11.2. The summed E-state index contributed by atoms with van der Waals surface area (Å²) in [4.78, 5) is 20.9. The lowest BCUT2D eigenvalue weighted by Crippen LogP contribution is -2.38. The maximum absolute atomic E-state index is 12.4. The fraction of sp³-hybridized carbons (Fsp3) is 0.435. The Morgan fingerprint density at radius 2 is 1.88 bits per heavy atom. The van der Waals surface area contributed by atoms with E-state index in [0.717, 1.165) is 16.6 Å². The van der Waals surface area contributed by atoms with Crippen molar-refractivity contribution in [2.45, 2.75) is 52.7 Å². The lowest BCUT2D eigenvalue weighted by molar-refractivity contribution is -0.144. The van der Waals surface area contributed by atoms with Crippen LogP contribution in [-0.2, 0) is 27.4 Å². The molecular weight excluding hydrogens is 432 g/mol. The molecule has 0 spiro atoms. The third-order valence-electron chi connectivity index (χ3n) is 4.95. The van der Waals surface area contributed by atoms with E-state index < -0.39 is 12.4 Å². The molecular formula is C23H29ClN4O4. The Hall–Kier alpha value is -2.68. The molecule has 0 aliphatic heterocycles. The molecule has 0 saturated carbocycles. The van der Waals surface area contributed by atoms with Crippen LogP contribution in [0.2, 0.25) is 5.28 Å². The Morgan fingerprint density at radius 3 is 2.53 bits per heavy atom. The number of ether oxygens (including phenoxy) is 3. The van der Waals surface area contributed by atoms with Gasteiger partial charge in [-0.1, -0.05) is 37.3 Å². The highest BCUT2D eigenvalue weighted by Crippen LogP contribution is 2.27. The van der Waals surface area contributed by atoms with E-state index in [4.69, 9.17) is 25.8 Å². The lowest BCUT2D eigenvalue weighted by Gasteiger charge is -2.23. The van der Waals surface area contributed by atoms with E-state index in [-0.39, 0.29) is 17.9 Å². The summed E-state index contributed by atoms with van der Waals surface area (Å²) in [5, 5.41) is 3.91. The number of carbonyl (C=O) groups excluding carboxylic acids is 1. The number of hydrogen-bond donors (Lipinski definition) is 1. The SMILES string of the molecule is CCOC(OCC)c1cc2cnc(Cl)nc2n1CC(CC)NC(=O)OCc1ccccc1. The third kappa shape index (κ3) is 6.18. The molecule has 1 unspecified atom stereocenters. The summed E-state index contributed by atoms with van der Waals surface area (Å²) in [6.07, 6.45) is 1.31. The molecule has 0 fully saturated rings. The molecule has 8 nitrogen and oxygen atoms in total. The standard InChI is InChI=1S/C23H29ClN4O4/c1-4-18(26-23(29)32-15-16-10-8-7-9-11-16)14-28-19(21(30-5-2)31-6-3)12-17-13-25-22(24)27-20(17)28/h7-13,18,21H,4-6,14-15H2,1-3H3,(H,26,29). The molecule has 0 radical (unpaired) electrons. The van der Waals surface area contributed by atoms with Gasteiger partial charge in [-0.3, -0.25) is 0 Å². The van der Waals surface area contributed by atoms with Crippen molar-refractivity contribution in [1.82, 2.24) is 19.9 Å². The maximum Gasteiger partial charge on any atom is 0.407 e. The number of hydrogen-bond acceptors (Lipinski definition) is 6. The number of carbonyl (C=O) groups is 1. The van der Waals surface area contributed by atoms with Crippen molar-refractivity contribution in [3.8, 4) is 0 Å². The van der Waals surface area contributed by atoms with Gasteiger partial charge in [-0.05, 0) is 43.5 Å². The molecule has 3 rings (SSSR count). The minimum atomic E-state index is -0.569. The number of benzene rings is 1. The van der Waals surface area contributed by atoms with Crippen LogP contribution in [0.1, 0.15) is 44.7 Å². The second kappa shape index (κ2) is 11.8. The largest absolute Gasteiger partial charge is 0.445 e. The van der Waals surface area contributed by atoms with E-state index >= 15 is 0 Å². The van der Waals surface area contributed by atoms with Crippen molar-refractivity contribution in [1.29, 1.82) is 0 Å². The molecule has 2 aromatic heterocycles. The number of alkyl carbamates (subject to hydrolysis) is 1. The van der Waals surface area contributed by atoms with Crippen molar-refractivity contribution in [2.24, 2.45) is 0 Å². The van der Waals surface area contributed by atoms with E-state index in [0.29, 0.717) is 31.8 Å². The van der Waals surface area contributed by atoms with Crippen molar-refractivity contribution in [2.75, 3.05) is 13.2 Å². The fourth-order valence-corrected chi connectivity index (χ4v) is 3.51. The summed E-state index contributed by atoms with van der Waals surface area (Å²) in [6.45, 7) is 7.45. The predicted molar refractivity (Wildman–Crippen MR) is 122 cm³/mol. The van der Waals surface area contributed by atoms with Crippen molar-refractivity contribution >= 4 is 28.7 Å². The summed E-state index contributed by atoms with van der Waals surface area (Å²) in [5.41, 5.74) is 2.37. The highest BCUT2D eigenvalue weighted by Gasteiger charge is 2.23. The first-order chi connectivity index (χ1) is 15.5. The van der Waals surface area contributed by atoms with E-state index in [1.807, 2.05) is 61.7 Å². The van der Waals surface area contributed by atoms with Gasteiger partial charge in [0, 0.05) is 37.4 Å². The number of halogens is 1. The van der Waals surface area contributed by atoms with Gasteiger partial charge in [0.1, 0.15) is 12.3 Å². The number of fused-ring (bicyclic) bond motifs is 1. The zero-order chi connectivity index (χ0) is 22.9. The Bertz CT molecular complexity index is 1010. The molecule has 9 heteroatoms. The summed E-state index contributed by atoms with van der Waals surface area (Å²) in [6, 6.07) is 11.3. The monoisotopic (exact) mass is 460 g/mol. The summed E-state index contributed by atoms with van der Waals surface area (Å²) < 4.78 is 19.0. The second-order valence-electron chi connectivity index (χ2n) is 7.15. The molecule has 1 atom stereocenters. The van der Waals surface area contributed by atoms with Crippen LogP contribution in [0.3, 0.4) is 0 Å². The number of amides is 1. The fourth-order valence-electron chi connectivity index (χ4n) is 3.38. The van der Waals surface area contributed by atoms with Gasteiger partial charge < -0.3 is 24.1 Å². The predicted octanol–water partition coefficient (Wildman–Crippen LogP) is 4.86. The average Bonchev–Trinajstić information content (AvgIpc) is 3.15. The molecule has 3 aromatic rings. The van der Waals surface area contributed by atoms with Gasteiger partial charge in [0.2, 0.25) is 5.28 Å². The van der Waals surface area contributed by atoms with Gasteiger partial charge in [-0.2, -0.15) is 4.98 Å². The van der Waals surface area contributed by atoms with Crippen LogP contribution in [0.4, 0.5) is 4.79 Å². The van der Waals surface area contributed by atoms with Crippen LogP contribution in [0, 0.1) is 0 Å². The minimum absolute atomic E-state index is 0.149. The van der Waals surface area contributed by atoms with Crippen LogP contribution >= 0.6 is 11.6 Å². The molecule has 0 aliphatic rings. The van der Waals surface area contributed by atoms with Crippen LogP contribution in [0.5, 0.6) is 0 Å². The molecule has 2 heterocycles. The Kier molecular flexibility index (Phi) is 8.84. The average molecular weight is 461 g/mol. The van der Waals surface area contributed by atoms with E-state index in [9.17, 15) is 4.79 Å². The number of nitrogens with one attached hydrogen (secondary N) is 1. The summed E-state index contributed by atoms with van der Waals surface area (Å²) >= 11 is 6.07. The molecule has 32 heavy (non-hydrogen) atoms. The molecule has 0 saturated heterocycles. The molecule has 172 valence electrons. The van der Waals surface area contributed by atoms with Crippen molar-refractivity contribution in [3.05, 3.63) is 59.1 Å². The zero-order valence-electron chi connectivity index (χ0n) is 18.6. The second-order valence-corrected chi connectivity index (χ2v) is 7.49. The Balaban J connectivity index is 1.80. The summed E-state index contributed by atoms with van der Waals surface area (Å²) in [5.74, 6) is 0. The molecule has 1 aromatic carbocycles. The zero-order valence-corrected chi connectivity index (χ0v) is 19.3. The van der Waals surface area contributed by atoms with Crippen LogP contribution in [0.15, 0.2) is 42.6 Å². The van der Waals surface area contributed by atoms with Crippen LogP contribution in [0.25, 0.3) is 11.0 Å². The minimum Gasteiger partial charge on any atom is -0.445 e. The van der Waals surface area contributed by atoms with Gasteiger partial charge >= 0.3 is 6.09 Å². The number of aromatic nitrogens is 3. The normalized spacial score (nSPS) is 12.3. The van der Waals surface area contributed by atoms with Crippen LogP contribution in [-0.4, -0.2) is 39.9 Å². The van der Waals surface area contributed by atoms with Gasteiger partial charge in [0.25, 0.3) is 0 Å². The maximum atomic E-state index is 12.4. The molecule has 1 amide bonds. The van der Waals surface area contributed by atoms with Gasteiger partial charge in [-0.25, -0.2) is 9.78 Å². The topological polar surface area (TPSA) is 87.5 Å². The molecule has 1 N–H and O–H groups in total. The van der Waals surface area contributed by atoms with Gasteiger partial charge in [-0.15, -0.1) is 0 Å². The molecule has 0 aliphatic carbocycles. The van der Waals surface area contributed by atoms with Crippen molar-refractivity contribution < 1.29 is 19.0 Å². The Labute approximate surface area is 192 Å². The van der Waals surface area contributed by atoms with Gasteiger partial charge in [0.05, 0.1) is 5.69 Å². The van der Waals surface area contributed by atoms with E-state index in [1.165, 1.54) is 0 Å². The van der Waals surface area contributed by atoms with E-state index in [1.54, 1.807) is 6.20 Å². The molecule has 0 bridgehead atoms. The van der Waals surface area contributed by atoms with Gasteiger partial charge in [0.15, 0.2) is 6.29 Å². The van der Waals surface area contributed by atoms with E-state index in [2.05, 4.69) is 15.3 Å². The highest BCUT2D eigenvalue weighted by atomic mass is 35.5. The highest BCUT2D eigenvalue weighted by molar-refractivity contribution is 6.28. The number of nitrogens with zero attached hydrogens (tertiary/aromatic N) is 3. The van der Waals surface area contributed by atoms with Crippen molar-refractivity contribution in [3.63, 3.8) is 0 Å². The first kappa shape index (κ1) is 24.0. The Morgan fingerprint density at radius 1 is 1.16 bits per heavy atom. The first-order valence-electron chi connectivity index (χ1n) is 10.8. The lowest BCUT2D eigenvalue weighted by atomic mass is 10.2. The number of rotatable bonds is 11. The third-order valence-corrected chi connectivity index (χ3v) is 5.13. The summed E-state index contributed by atoms with van der Waals surface area (Å²) in [7, 11) is 0. The quantitative estimate of drug-likeness (QED) is 0.324.